The number of carbonyl (C=O) groups excluding carboxylic acids is 1. The van der Waals surface area contributed by atoms with Gasteiger partial charge < -0.3 is 9.72 Å². The Hall–Kier alpha value is -2.86. The standard InChI is InChI=1S/C18H15ClN2O4/c1-25-18(22)17(21(23)24)16(11-6-8-12(19)9-7-11)14-10-20-15-5-3-2-4-13(14)15/h2-10,16-17,20H,1H3/t16-,17+/m1/s1. The molecule has 0 saturated heterocycles. The Balaban J connectivity index is 2.22. The number of nitrogens with one attached hydrogen (secondary N) is 1. The van der Waals surface area contributed by atoms with E-state index in [4.69, 9.17) is 16.3 Å². The minimum absolute atomic E-state index is 0.511. The molecule has 0 radical (unpaired) electrons. The van der Waals surface area contributed by atoms with Crippen LogP contribution in [0.3, 0.4) is 0 Å². The van der Waals surface area contributed by atoms with E-state index >= 15 is 0 Å². The van der Waals surface area contributed by atoms with E-state index in [2.05, 4.69) is 4.98 Å². The fraction of sp³-hybridized carbons (Fsp3) is 0.167. The number of H-pyrrole nitrogens is 1. The summed E-state index contributed by atoms with van der Waals surface area (Å²) in [6, 6.07) is 12.5. The molecule has 0 saturated carbocycles. The van der Waals surface area contributed by atoms with Crippen LogP contribution in [0.4, 0.5) is 0 Å². The number of esters is 1. The lowest BCUT2D eigenvalue weighted by atomic mass is 9.85. The number of hydrogen-bond acceptors (Lipinski definition) is 4. The van der Waals surface area contributed by atoms with Crippen molar-refractivity contribution in [2.45, 2.75) is 12.0 Å². The van der Waals surface area contributed by atoms with Crippen LogP contribution in [0.5, 0.6) is 0 Å². The Morgan fingerprint density at radius 2 is 1.88 bits per heavy atom. The van der Waals surface area contributed by atoms with E-state index in [-0.39, 0.29) is 0 Å². The number of aromatic nitrogens is 1. The third kappa shape index (κ3) is 3.21. The summed E-state index contributed by atoms with van der Waals surface area (Å²) in [4.78, 5) is 26.3. The van der Waals surface area contributed by atoms with Crippen LogP contribution in [0, 0.1) is 10.1 Å². The summed E-state index contributed by atoms with van der Waals surface area (Å²) >= 11 is 5.94. The fourth-order valence-corrected chi connectivity index (χ4v) is 3.14. The van der Waals surface area contributed by atoms with Crippen LogP contribution in [0.25, 0.3) is 10.9 Å². The number of nitro groups is 1. The molecule has 1 heterocycles. The van der Waals surface area contributed by atoms with E-state index in [1.54, 1.807) is 30.5 Å². The van der Waals surface area contributed by atoms with Crippen LogP contribution in [-0.4, -0.2) is 29.0 Å². The molecule has 2 aromatic carbocycles. The second kappa shape index (κ2) is 6.94. The number of para-hydroxylation sites is 1. The maximum Gasteiger partial charge on any atom is 0.382 e. The number of rotatable bonds is 5. The topological polar surface area (TPSA) is 85.2 Å². The molecule has 3 rings (SSSR count). The summed E-state index contributed by atoms with van der Waals surface area (Å²) in [6.45, 7) is 0. The van der Waals surface area contributed by atoms with E-state index < -0.39 is 22.9 Å². The molecular weight excluding hydrogens is 344 g/mol. The van der Waals surface area contributed by atoms with Gasteiger partial charge in [0, 0.05) is 27.0 Å². The highest BCUT2D eigenvalue weighted by atomic mass is 35.5. The quantitative estimate of drug-likeness (QED) is 0.427. The van der Waals surface area contributed by atoms with Crippen molar-refractivity contribution in [1.29, 1.82) is 0 Å². The molecule has 3 aromatic rings. The molecule has 6 nitrogen and oxygen atoms in total. The largest absolute Gasteiger partial charge is 0.464 e. The molecule has 0 amide bonds. The molecule has 0 aliphatic rings. The predicted molar refractivity (Wildman–Crippen MR) is 94.4 cm³/mol. The maximum atomic E-state index is 12.2. The molecule has 1 aromatic heterocycles. The Bertz CT molecular complexity index is 920. The van der Waals surface area contributed by atoms with Gasteiger partial charge in [0.25, 0.3) is 0 Å². The average Bonchev–Trinajstić information content (AvgIpc) is 3.03. The molecule has 2 atom stereocenters. The molecule has 0 fully saturated rings. The monoisotopic (exact) mass is 358 g/mol. The molecule has 0 unspecified atom stereocenters. The lowest BCUT2D eigenvalue weighted by Crippen LogP contribution is -2.37. The van der Waals surface area contributed by atoms with Gasteiger partial charge in [-0.2, -0.15) is 0 Å². The third-order valence-corrected chi connectivity index (χ3v) is 4.42. The number of carbonyl (C=O) groups is 1. The highest BCUT2D eigenvalue weighted by Crippen LogP contribution is 2.35. The van der Waals surface area contributed by atoms with E-state index in [0.717, 1.165) is 18.0 Å². The molecule has 0 aliphatic heterocycles. The van der Waals surface area contributed by atoms with Crippen LogP contribution < -0.4 is 0 Å². The van der Waals surface area contributed by atoms with E-state index in [1.807, 2.05) is 24.3 Å². The first-order valence-electron chi connectivity index (χ1n) is 7.55. The van der Waals surface area contributed by atoms with Gasteiger partial charge in [0.05, 0.1) is 13.0 Å². The van der Waals surface area contributed by atoms with E-state index in [1.165, 1.54) is 0 Å². The number of methoxy groups -OCH3 is 1. The van der Waals surface area contributed by atoms with Crippen molar-refractivity contribution < 1.29 is 14.5 Å². The van der Waals surface area contributed by atoms with Crippen molar-refractivity contribution in [3.05, 3.63) is 81.0 Å². The SMILES string of the molecule is COC(=O)[C@H]([C@H](c1ccc(Cl)cc1)c1c[nH]c2ccccc12)[N+](=O)[O-]. The number of halogens is 1. The molecule has 25 heavy (non-hydrogen) atoms. The number of benzene rings is 2. The highest BCUT2D eigenvalue weighted by molar-refractivity contribution is 6.30. The summed E-state index contributed by atoms with van der Waals surface area (Å²) in [7, 11) is 1.15. The number of fused-ring (bicyclic) bond motifs is 1. The van der Waals surface area contributed by atoms with Gasteiger partial charge in [-0.1, -0.05) is 41.9 Å². The lowest BCUT2D eigenvalue weighted by molar-refractivity contribution is -0.512. The van der Waals surface area contributed by atoms with Crippen LogP contribution in [0.1, 0.15) is 17.0 Å². The van der Waals surface area contributed by atoms with Crippen molar-refractivity contribution in [3.8, 4) is 0 Å². The van der Waals surface area contributed by atoms with Gasteiger partial charge >= 0.3 is 12.0 Å². The molecule has 0 bridgehead atoms. The third-order valence-electron chi connectivity index (χ3n) is 4.17. The lowest BCUT2D eigenvalue weighted by Gasteiger charge is -2.20. The number of ether oxygens (including phenoxy) is 1. The zero-order valence-electron chi connectivity index (χ0n) is 13.3. The van der Waals surface area contributed by atoms with Crippen molar-refractivity contribution in [1.82, 2.24) is 4.98 Å². The Morgan fingerprint density at radius 1 is 1.20 bits per heavy atom. The number of nitrogens with zero attached hydrogens (tertiary/aromatic N) is 1. The second-order valence-electron chi connectivity index (χ2n) is 5.57. The molecule has 0 spiro atoms. The van der Waals surface area contributed by atoms with Crippen molar-refractivity contribution in [2.75, 3.05) is 7.11 Å². The summed E-state index contributed by atoms with van der Waals surface area (Å²) in [6.07, 6.45) is 1.70. The normalized spacial score (nSPS) is 13.4. The van der Waals surface area contributed by atoms with Gasteiger partial charge in [0.15, 0.2) is 0 Å². The van der Waals surface area contributed by atoms with Crippen LogP contribution in [0.15, 0.2) is 54.7 Å². The summed E-state index contributed by atoms with van der Waals surface area (Å²) in [5.41, 5.74) is 2.11. The van der Waals surface area contributed by atoms with Gasteiger partial charge in [0.1, 0.15) is 0 Å². The summed E-state index contributed by atoms with van der Waals surface area (Å²) < 4.78 is 4.69. The summed E-state index contributed by atoms with van der Waals surface area (Å²) in [5, 5.41) is 13.0. The average molecular weight is 359 g/mol. The fourth-order valence-electron chi connectivity index (χ4n) is 3.02. The highest BCUT2D eigenvalue weighted by Gasteiger charge is 2.42. The van der Waals surface area contributed by atoms with Crippen LogP contribution in [-0.2, 0) is 9.53 Å². The van der Waals surface area contributed by atoms with E-state index in [9.17, 15) is 14.9 Å². The molecule has 1 N–H and O–H groups in total. The van der Waals surface area contributed by atoms with Crippen molar-refractivity contribution in [3.63, 3.8) is 0 Å². The van der Waals surface area contributed by atoms with Gasteiger partial charge in [0.2, 0.25) is 0 Å². The molecule has 0 aliphatic carbocycles. The number of aromatic amines is 1. The van der Waals surface area contributed by atoms with Gasteiger partial charge in [-0.05, 0) is 29.3 Å². The van der Waals surface area contributed by atoms with Crippen LogP contribution in [0.2, 0.25) is 5.02 Å². The zero-order valence-corrected chi connectivity index (χ0v) is 14.1. The first-order chi connectivity index (χ1) is 12.0. The first kappa shape index (κ1) is 17.0. The van der Waals surface area contributed by atoms with Gasteiger partial charge in [-0.25, -0.2) is 4.79 Å². The maximum absolute atomic E-state index is 12.2. The summed E-state index contributed by atoms with van der Waals surface area (Å²) in [5.74, 6) is -1.70. The van der Waals surface area contributed by atoms with E-state index in [0.29, 0.717) is 16.1 Å². The Morgan fingerprint density at radius 3 is 2.52 bits per heavy atom. The number of hydrogen-bond donors (Lipinski definition) is 1. The smallest absolute Gasteiger partial charge is 0.382 e. The zero-order chi connectivity index (χ0) is 18.0. The van der Waals surface area contributed by atoms with Gasteiger partial charge in [-0.3, -0.25) is 10.1 Å². The second-order valence-corrected chi connectivity index (χ2v) is 6.01. The van der Waals surface area contributed by atoms with Crippen LogP contribution >= 0.6 is 11.6 Å². The Kier molecular flexibility index (Phi) is 4.72. The van der Waals surface area contributed by atoms with Crippen molar-refractivity contribution >= 4 is 28.5 Å². The predicted octanol–water partition coefficient (Wildman–Crippen LogP) is 3.77. The van der Waals surface area contributed by atoms with Crippen molar-refractivity contribution in [2.24, 2.45) is 0 Å². The molecular formula is C18H15ClN2O4. The molecule has 7 heteroatoms. The Labute approximate surface area is 148 Å². The first-order valence-corrected chi connectivity index (χ1v) is 7.93. The minimum atomic E-state index is -1.56. The molecule has 128 valence electrons. The minimum Gasteiger partial charge on any atom is -0.464 e. The van der Waals surface area contributed by atoms with Gasteiger partial charge in [-0.15, -0.1) is 0 Å².